The second-order valence-corrected chi connectivity index (χ2v) is 5.79. The van der Waals surface area contributed by atoms with E-state index in [0.717, 1.165) is 24.2 Å². The fourth-order valence-electron chi connectivity index (χ4n) is 3.04. The molecular formula is C19H21NO. The van der Waals surface area contributed by atoms with Crippen LogP contribution in [0.3, 0.4) is 0 Å². The molecule has 108 valence electrons. The fraction of sp³-hybridized carbons (Fsp3) is 0.316. The number of hydrogen-bond acceptors (Lipinski definition) is 2. The van der Waals surface area contributed by atoms with E-state index < -0.39 is 0 Å². The van der Waals surface area contributed by atoms with Gasteiger partial charge in [-0.15, -0.1) is 0 Å². The summed E-state index contributed by atoms with van der Waals surface area (Å²) in [5, 5.41) is 0. The second-order valence-electron chi connectivity index (χ2n) is 5.79. The minimum absolute atomic E-state index is 0.142. The zero-order chi connectivity index (χ0) is 14.7. The lowest BCUT2D eigenvalue weighted by molar-refractivity contribution is 0.0848. The van der Waals surface area contributed by atoms with E-state index in [1.165, 1.54) is 18.4 Å². The lowest BCUT2D eigenvalue weighted by atomic mass is 9.95. The summed E-state index contributed by atoms with van der Waals surface area (Å²) in [6, 6.07) is 17.9. The molecule has 2 aromatic carbocycles. The quantitative estimate of drug-likeness (QED) is 0.788. The molecule has 1 heterocycles. The number of hydrogen-bond donors (Lipinski definition) is 0. The van der Waals surface area contributed by atoms with E-state index in [2.05, 4.69) is 17.0 Å². The van der Waals surface area contributed by atoms with Crippen LogP contribution < -0.4 is 0 Å². The maximum atomic E-state index is 13.0. The first-order valence-electron chi connectivity index (χ1n) is 7.65. The van der Waals surface area contributed by atoms with Gasteiger partial charge in [-0.05, 0) is 38.4 Å². The molecule has 0 saturated carbocycles. The summed E-state index contributed by atoms with van der Waals surface area (Å²) in [6.45, 7) is 4.07. The van der Waals surface area contributed by atoms with Crippen LogP contribution in [0.2, 0.25) is 0 Å². The molecule has 21 heavy (non-hydrogen) atoms. The van der Waals surface area contributed by atoms with Crippen LogP contribution in [0.15, 0.2) is 54.6 Å². The molecule has 3 rings (SSSR count). The summed E-state index contributed by atoms with van der Waals surface area (Å²) in [5.74, 6) is 0.211. The summed E-state index contributed by atoms with van der Waals surface area (Å²) < 4.78 is 0. The fourth-order valence-corrected chi connectivity index (χ4v) is 3.04. The van der Waals surface area contributed by atoms with Gasteiger partial charge in [0.25, 0.3) is 0 Å². The Morgan fingerprint density at radius 1 is 0.952 bits per heavy atom. The van der Waals surface area contributed by atoms with Crippen LogP contribution in [0.5, 0.6) is 0 Å². The molecule has 2 nitrogen and oxygen atoms in total. The lowest BCUT2D eigenvalue weighted by Gasteiger charge is -2.26. The van der Waals surface area contributed by atoms with Gasteiger partial charge in [0, 0.05) is 5.56 Å². The Labute approximate surface area is 126 Å². The summed E-state index contributed by atoms with van der Waals surface area (Å²) in [7, 11) is 0. The Morgan fingerprint density at radius 3 is 2.19 bits per heavy atom. The molecule has 1 aliphatic rings. The molecule has 0 radical (unpaired) electrons. The highest BCUT2D eigenvalue weighted by molar-refractivity contribution is 6.00. The monoisotopic (exact) mass is 279 g/mol. The molecule has 1 saturated heterocycles. The normalized spacial score (nSPS) is 16.8. The molecule has 1 atom stereocenters. The van der Waals surface area contributed by atoms with Gasteiger partial charge < -0.3 is 0 Å². The van der Waals surface area contributed by atoms with Gasteiger partial charge in [-0.1, -0.05) is 60.2 Å². The third-order valence-corrected chi connectivity index (χ3v) is 4.21. The molecule has 1 aliphatic heterocycles. The maximum Gasteiger partial charge on any atom is 0.184 e. The Bertz CT molecular complexity index is 597. The summed E-state index contributed by atoms with van der Waals surface area (Å²) in [5.41, 5.74) is 3.09. The van der Waals surface area contributed by atoms with Crippen LogP contribution in [0.25, 0.3) is 0 Å². The smallest absolute Gasteiger partial charge is 0.184 e. The third-order valence-electron chi connectivity index (χ3n) is 4.21. The van der Waals surface area contributed by atoms with E-state index in [9.17, 15) is 4.79 Å². The molecule has 0 amide bonds. The van der Waals surface area contributed by atoms with Gasteiger partial charge >= 0.3 is 0 Å². The molecule has 0 aliphatic carbocycles. The van der Waals surface area contributed by atoms with Crippen LogP contribution in [0.1, 0.15) is 40.4 Å². The minimum Gasteiger partial charge on any atom is -0.292 e. The third kappa shape index (κ3) is 3.06. The number of ketones is 1. The van der Waals surface area contributed by atoms with E-state index in [4.69, 9.17) is 0 Å². The topological polar surface area (TPSA) is 20.3 Å². The number of Topliss-reactive ketones (excluding diaryl/α,β-unsaturated/α-hetero) is 1. The molecule has 2 heteroatoms. The van der Waals surface area contributed by atoms with E-state index >= 15 is 0 Å². The van der Waals surface area contributed by atoms with Crippen LogP contribution in [0.4, 0.5) is 0 Å². The molecule has 0 N–H and O–H groups in total. The Morgan fingerprint density at radius 2 is 1.57 bits per heavy atom. The van der Waals surface area contributed by atoms with E-state index in [-0.39, 0.29) is 11.8 Å². The van der Waals surface area contributed by atoms with Crippen LogP contribution in [-0.2, 0) is 0 Å². The van der Waals surface area contributed by atoms with Crippen molar-refractivity contribution in [3.63, 3.8) is 0 Å². The Balaban J connectivity index is 1.94. The van der Waals surface area contributed by atoms with Gasteiger partial charge in [-0.3, -0.25) is 9.69 Å². The first kappa shape index (κ1) is 14.0. The molecular weight excluding hydrogens is 258 g/mol. The van der Waals surface area contributed by atoms with Gasteiger partial charge in [-0.25, -0.2) is 0 Å². The average Bonchev–Trinajstić information content (AvgIpc) is 3.03. The Hall–Kier alpha value is -1.93. The van der Waals surface area contributed by atoms with E-state index in [0.29, 0.717) is 0 Å². The molecule has 1 unspecified atom stereocenters. The van der Waals surface area contributed by atoms with Gasteiger partial charge in [0.2, 0.25) is 0 Å². The predicted molar refractivity (Wildman–Crippen MR) is 85.5 cm³/mol. The highest BCUT2D eigenvalue weighted by atomic mass is 16.1. The largest absolute Gasteiger partial charge is 0.292 e. The van der Waals surface area contributed by atoms with Gasteiger partial charge in [0.1, 0.15) is 0 Å². The molecule has 2 aromatic rings. The van der Waals surface area contributed by atoms with E-state index in [1.807, 2.05) is 49.4 Å². The highest BCUT2D eigenvalue weighted by Gasteiger charge is 2.30. The van der Waals surface area contributed by atoms with Crippen LogP contribution in [-0.4, -0.2) is 23.8 Å². The number of rotatable bonds is 4. The second kappa shape index (κ2) is 6.23. The van der Waals surface area contributed by atoms with Crippen molar-refractivity contribution in [1.82, 2.24) is 4.90 Å². The SMILES string of the molecule is Cc1ccc(C(=O)C(c2ccccc2)N2CCCC2)cc1. The van der Waals surface area contributed by atoms with Crippen LogP contribution in [0, 0.1) is 6.92 Å². The number of carbonyl (C=O) groups is 1. The van der Waals surface area contributed by atoms with Gasteiger partial charge in [0.05, 0.1) is 6.04 Å². The number of nitrogens with zero attached hydrogens (tertiary/aromatic N) is 1. The van der Waals surface area contributed by atoms with Crippen molar-refractivity contribution in [3.8, 4) is 0 Å². The average molecular weight is 279 g/mol. The number of likely N-dealkylation sites (tertiary alicyclic amines) is 1. The predicted octanol–water partition coefficient (Wildman–Crippen LogP) is 4.01. The molecule has 1 fully saturated rings. The first-order chi connectivity index (χ1) is 10.3. The zero-order valence-corrected chi connectivity index (χ0v) is 12.5. The minimum atomic E-state index is -0.142. The van der Waals surface area contributed by atoms with E-state index in [1.54, 1.807) is 0 Å². The van der Waals surface area contributed by atoms with Crippen molar-refractivity contribution in [2.75, 3.05) is 13.1 Å². The first-order valence-corrected chi connectivity index (χ1v) is 7.65. The summed E-state index contributed by atoms with van der Waals surface area (Å²) in [6.07, 6.45) is 2.37. The summed E-state index contributed by atoms with van der Waals surface area (Å²) in [4.78, 5) is 15.3. The van der Waals surface area contributed by atoms with Crippen LogP contribution >= 0.6 is 0 Å². The van der Waals surface area contributed by atoms with Crippen molar-refractivity contribution >= 4 is 5.78 Å². The lowest BCUT2D eigenvalue weighted by Crippen LogP contribution is -2.32. The zero-order valence-electron chi connectivity index (χ0n) is 12.5. The number of carbonyl (C=O) groups excluding carboxylic acids is 1. The standard InChI is InChI=1S/C19H21NO/c1-15-9-11-17(12-10-15)19(21)18(20-13-5-6-14-20)16-7-3-2-4-8-16/h2-4,7-12,18H,5-6,13-14H2,1H3. The van der Waals surface area contributed by atoms with Gasteiger partial charge in [0.15, 0.2) is 5.78 Å². The van der Waals surface area contributed by atoms with Crippen molar-refractivity contribution in [3.05, 3.63) is 71.3 Å². The maximum absolute atomic E-state index is 13.0. The summed E-state index contributed by atoms with van der Waals surface area (Å²) >= 11 is 0. The van der Waals surface area contributed by atoms with Crippen molar-refractivity contribution < 1.29 is 4.79 Å². The highest BCUT2D eigenvalue weighted by Crippen LogP contribution is 2.28. The van der Waals surface area contributed by atoms with Crippen molar-refractivity contribution in [1.29, 1.82) is 0 Å². The van der Waals surface area contributed by atoms with Crippen molar-refractivity contribution in [2.24, 2.45) is 0 Å². The molecule has 0 aromatic heterocycles. The Kier molecular flexibility index (Phi) is 4.16. The molecule has 0 bridgehead atoms. The molecule has 0 spiro atoms. The van der Waals surface area contributed by atoms with Gasteiger partial charge in [-0.2, -0.15) is 0 Å². The number of benzene rings is 2. The number of aryl methyl sites for hydroxylation is 1. The van der Waals surface area contributed by atoms with Crippen molar-refractivity contribution in [2.45, 2.75) is 25.8 Å².